The number of rotatable bonds is 17. The summed E-state index contributed by atoms with van der Waals surface area (Å²) in [6.07, 6.45) is 16.2. The lowest BCUT2D eigenvalue weighted by Gasteiger charge is -2.22. The lowest BCUT2D eigenvalue weighted by molar-refractivity contribution is 0.255. The van der Waals surface area contributed by atoms with Crippen LogP contribution in [0.5, 0.6) is 0 Å². The highest BCUT2D eigenvalue weighted by Gasteiger charge is 2.04. The van der Waals surface area contributed by atoms with Crippen LogP contribution in [0.1, 0.15) is 90.4 Å². The molecule has 0 atom stereocenters. The van der Waals surface area contributed by atoms with Crippen molar-refractivity contribution in [2.24, 2.45) is 5.73 Å². The Labute approximate surface area is 139 Å². The Morgan fingerprint density at radius 3 is 1.77 bits per heavy atom. The molecule has 2 N–H and O–H groups in total. The monoisotopic (exact) mass is 309 g/mol. The first kappa shape index (κ1) is 21.4. The molecule has 0 aliphatic rings. The van der Waals surface area contributed by atoms with E-state index in [-0.39, 0.29) is 0 Å². The van der Waals surface area contributed by atoms with Crippen LogP contribution in [0.15, 0.2) is 0 Å². The summed E-state index contributed by atoms with van der Waals surface area (Å²) in [6.45, 7) is 6.80. The highest BCUT2D eigenvalue weighted by Crippen LogP contribution is 2.09. The van der Waals surface area contributed by atoms with Gasteiger partial charge in [-0.2, -0.15) is 5.26 Å². The van der Waals surface area contributed by atoms with E-state index in [0.717, 1.165) is 19.4 Å². The van der Waals surface area contributed by atoms with Crippen molar-refractivity contribution < 1.29 is 0 Å². The van der Waals surface area contributed by atoms with Crippen molar-refractivity contribution in [3.63, 3.8) is 0 Å². The van der Waals surface area contributed by atoms with E-state index in [1.54, 1.807) is 0 Å². The van der Waals surface area contributed by atoms with Crippen molar-refractivity contribution in [1.29, 1.82) is 5.26 Å². The molecule has 0 aliphatic carbocycles. The van der Waals surface area contributed by atoms with Crippen LogP contribution < -0.4 is 5.73 Å². The smallest absolute Gasteiger partial charge is 0.0621 e. The van der Waals surface area contributed by atoms with Crippen molar-refractivity contribution in [2.75, 3.05) is 26.2 Å². The van der Waals surface area contributed by atoms with Gasteiger partial charge in [0.2, 0.25) is 0 Å². The zero-order valence-corrected chi connectivity index (χ0v) is 15.0. The SMILES string of the molecule is CCCCCCCCN(CCCCCN)CCCCCC#N. The topological polar surface area (TPSA) is 53.0 Å². The third-order valence-corrected chi connectivity index (χ3v) is 4.27. The number of hydrogen-bond acceptors (Lipinski definition) is 3. The molecular weight excluding hydrogens is 270 g/mol. The van der Waals surface area contributed by atoms with E-state index in [2.05, 4.69) is 17.9 Å². The van der Waals surface area contributed by atoms with Crippen LogP contribution in [-0.4, -0.2) is 31.1 Å². The Morgan fingerprint density at radius 1 is 0.727 bits per heavy atom. The van der Waals surface area contributed by atoms with E-state index in [9.17, 15) is 0 Å². The van der Waals surface area contributed by atoms with Gasteiger partial charge in [0.15, 0.2) is 0 Å². The third-order valence-electron chi connectivity index (χ3n) is 4.27. The largest absolute Gasteiger partial charge is 0.330 e. The summed E-state index contributed by atoms with van der Waals surface area (Å²) in [7, 11) is 0. The maximum Gasteiger partial charge on any atom is 0.0621 e. The van der Waals surface area contributed by atoms with E-state index >= 15 is 0 Å². The number of hydrogen-bond donors (Lipinski definition) is 1. The minimum Gasteiger partial charge on any atom is -0.330 e. The highest BCUT2D eigenvalue weighted by atomic mass is 15.1. The maximum absolute atomic E-state index is 8.58. The zero-order chi connectivity index (χ0) is 16.3. The van der Waals surface area contributed by atoms with Gasteiger partial charge in [0.05, 0.1) is 6.07 Å². The Kier molecular flexibility index (Phi) is 18.0. The molecule has 0 aromatic heterocycles. The number of nitrogens with two attached hydrogens (primary N) is 1. The minimum absolute atomic E-state index is 0.716. The van der Waals surface area contributed by atoms with Gasteiger partial charge in [-0.05, 0) is 58.3 Å². The van der Waals surface area contributed by atoms with Gasteiger partial charge in [-0.3, -0.25) is 0 Å². The van der Waals surface area contributed by atoms with Crippen LogP contribution in [0, 0.1) is 11.3 Å². The van der Waals surface area contributed by atoms with E-state index < -0.39 is 0 Å². The van der Waals surface area contributed by atoms with Gasteiger partial charge in [-0.1, -0.05) is 51.9 Å². The van der Waals surface area contributed by atoms with Crippen molar-refractivity contribution in [1.82, 2.24) is 4.90 Å². The molecule has 22 heavy (non-hydrogen) atoms. The lowest BCUT2D eigenvalue weighted by Crippen LogP contribution is -2.27. The molecule has 0 bridgehead atoms. The molecule has 3 nitrogen and oxygen atoms in total. The van der Waals surface area contributed by atoms with Gasteiger partial charge < -0.3 is 10.6 Å². The van der Waals surface area contributed by atoms with Crippen LogP contribution in [0.25, 0.3) is 0 Å². The van der Waals surface area contributed by atoms with Crippen LogP contribution in [0.4, 0.5) is 0 Å². The van der Waals surface area contributed by atoms with Crippen LogP contribution in [-0.2, 0) is 0 Å². The molecule has 0 aliphatic heterocycles. The first-order valence-electron chi connectivity index (χ1n) is 9.64. The molecule has 130 valence electrons. The predicted molar refractivity (Wildman–Crippen MR) is 96.8 cm³/mol. The van der Waals surface area contributed by atoms with Crippen molar-refractivity contribution in [3.05, 3.63) is 0 Å². The lowest BCUT2D eigenvalue weighted by atomic mass is 10.1. The Bertz CT molecular complexity index is 248. The molecular formula is C19H39N3. The van der Waals surface area contributed by atoms with E-state index in [1.165, 1.54) is 83.8 Å². The minimum atomic E-state index is 0.716. The Balaban J connectivity index is 3.72. The molecule has 0 radical (unpaired) electrons. The van der Waals surface area contributed by atoms with E-state index in [4.69, 9.17) is 11.0 Å². The second kappa shape index (κ2) is 18.5. The fourth-order valence-corrected chi connectivity index (χ4v) is 2.82. The van der Waals surface area contributed by atoms with Crippen LogP contribution in [0.2, 0.25) is 0 Å². The summed E-state index contributed by atoms with van der Waals surface area (Å²) < 4.78 is 0. The van der Waals surface area contributed by atoms with E-state index in [0.29, 0.717) is 6.42 Å². The van der Waals surface area contributed by atoms with Crippen LogP contribution in [0.3, 0.4) is 0 Å². The molecule has 0 saturated heterocycles. The summed E-state index contributed by atoms with van der Waals surface area (Å²) in [5, 5.41) is 8.58. The first-order valence-corrected chi connectivity index (χ1v) is 9.64. The zero-order valence-electron chi connectivity index (χ0n) is 15.0. The molecule has 0 saturated carbocycles. The summed E-state index contributed by atoms with van der Waals surface area (Å²) in [5.74, 6) is 0. The third kappa shape index (κ3) is 15.8. The summed E-state index contributed by atoms with van der Waals surface area (Å²) in [4.78, 5) is 2.64. The Hall–Kier alpha value is -0.590. The molecule has 0 heterocycles. The predicted octanol–water partition coefficient (Wildman–Crippen LogP) is 4.86. The summed E-state index contributed by atoms with van der Waals surface area (Å²) >= 11 is 0. The number of nitrogens with zero attached hydrogens (tertiary/aromatic N) is 2. The quantitative estimate of drug-likeness (QED) is 0.390. The fraction of sp³-hybridized carbons (Fsp3) is 0.947. The van der Waals surface area contributed by atoms with Gasteiger partial charge in [0, 0.05) is 6.42 Å². The van der Waals surface area contributed by atoms with Gasteiger partial charge in [-0.25, -0.2) is 0 Å². The summed E-state index contributed by atoms with van der Waals surface area (Å²) in [6, 6.07) is 2.24. The molecule has 0 unspecified atom stereocenters. The second-order valence-electron chi connectivity index (χ2n) is 6.43. The molecule has 0 fully saturated rings. The molecule has 0 spiro atoms. The number of unbranched alkanes of at least 4 members (excludes halogenated alkanes) is 10. The average Bonchev–Trinajstić information content (AvgIpc) is 2.53. The van der Waals surface area contributed by atoms with Crippen LogP contribution >= 0.6 is 0 Å². The second-order valence-corrected chi connectivity index (χ2v) is 6.43. The number of nitriles is 1. The fourth-order valence-electron chi connectivity index (χ4n) is 2.82. The van der Waals surface area contributed by atoms with Gasteiger partial charge in [0.1, 0.15) is 0 Å². The molecule has 0 rings (SSSR count). The van der Waals surface area contributed by atoms with Gasteiger partial charge in [-0.15, -0.1) is 0 Å². The molecule has 3 heteroatoms. The average molecular weight is 310 g/mol. The van der Waals surface area contributed by atoms with Gasteiger partial charge >= 0.3 is 0 Å². The molecule has 0 aromatic carbocycles. The molecule has 0 amide bonds. The summed E-state index contributed by atoms with van der Waals surface area (Å²) in [5.41, 5.74) is 5.57. The highest BCUT2D eigenvalue weighted by molar-refractivity contribution is 4.68. The standard InChI is InChI=1S/C19H39N3/c1-2-3-4-5-7-12-17-22(19-14-9-11-16-21)18-13-8-6-10-15-20/h2-14,16-19,21H2,1H3. The van der Waals surface area contributed by atoms with Crippen molar-refractivity contribution in [2.45, 2.75) is 90.4 Å². The van der Waals surface area contributed by atoms with Crippen molar-refractivity contribution >= 4 is 0 Å². The molecule has 0 aromatic rings. The van der Waals surface area contributed by atoms with E-state index in [1.807, 2.05) is 0 Å². The maximum atomic E-state index is 8.58. The normalized spacial score (nSPS) is 11.0. The van der Waals surface area contributed by atoms with Gasteiger partial charge in [0.25, 0.3) is 0 Å². The van der Waals surface area contributed by atoms with Crippen molar-refractivity contribution in [3.8, 4) is 6.07 Å². The first-order chi connectivity index (χ1) is 10.8. The Morgan fingerprint density at radius 2 is 1.23 bits per heavy atom.